The third-order valence-electron chi connectivity index (χ3n) is 11.8. The predicted molar refractivity (Wildman–Crippen MR) is 259 cm³/mol. The van der Waals surface area contributed by atoms with Crippen LogP contribution in [0.3, 0.4) is 0 Å². The van der Waals surface area contributed by atoms with Crippen molar-refractivity contribution < 1.29 is 38.2 Å². The van der Waals surface area contributed by atoms with Gasteiger partial charge in [-0.3, -0.25) is 9.59 Å². The molecule has 0 bridgehead atoms. The Morgan fingerprint density at radius 1 is 0.484 bits per heavy atom. The van der Waals surface area contributed by atoms with Crippen molar-refractivity contribution >= 4 is 17.9 Å². The van der Waals surface area contributed by atoms with Gasteiger partial charge in [-0.15, -0.1) is 0 Å². The van der Waals surface area contributed by atoms with Crippen LogP contribution in [0.15, 0.2) is 36.5 Å². The number of esters is 2. The molecule has 2 unspecified atom stereocenters. The third-order valence-corrected chi connectivity index (χ3v) is 11.8. The lowest BCUT2D eigenvalue weighted by Gasteiger charge is -2.34. The van der Waals surface area contributed by atoms with E-state index in [9.17, 15) is 19.5 Å². The molecule has 0 saturated carbocycles. The minimum absolute atomic E-state index is 0.0424. The van der Waals surface area contributed by atoms with Crippen LogP contribution in [0.5, 0.6) is 0 Å². The molecule has 0 aromatic carbocycles. The molecular formula is C54H99NO7. The molecule has 0 spiro atoms. The molecule has 362 valence electrons. The number of carboxylic acid groups (broad SMARTS) is 1. The average Bonchev–Trinajstić information content (AvgIpc) is 3.23. The van der Waals surface area contributed by atoms with Crippen molar-refractivity contribution in [3.63, 3.8) is 0 Å². The highest BCUT2D eigenvalue weighted by molar-refractivity contribution is 5.70. The number of hydrogen-bond acceptors (Lipinski definition) is 7. The fourth-order valence-corrected chi connectivity index (χ4v) is 7.73. The van der Waals surface area contributed by atoms with E-state index in [4.69, 9.17) is 14.2 Å². The topological polar surface area (TPSA) is 102 Å². The number of quaternary nitrogens is 1. The fraction of sp³-hybridized carbons (Fsp3) is 0.833. The minimum Gasteiger partial charge on any atom is -0.544 e. The zero-order valence-electron chi connectivity index (χ0n) is 41.3. The molecule has 8 heteroatoms. The zero-order valence-corrected chi connectivity index (χ0v) is 41.3. The molecule has 0 N–H and O–H groups in total. The lowest BCUT2D eigenvalue weighted by atomic mass is 10.0. The van der Waals surface area contributed by atoms with Gasteiger partial charge in [0.15, 0.2) is 6.10 Å². The van der Waals surface area contributed by atoms with Crippen molar-refractivity contribution in [3.05, 3.63) is 36.5 Å². The number of nitrogens with zero attached hydrogens (tertiary/aromatic N) is 1. The molecule has 0 aliphatic heterocycles. The largest absolute Gasteiger partial charge is 0.544 e. The van der Waals surface area contributed by atoms with E-state index >= 15 is 0 Å². The Morgan fingerprint density at radius 3 is 1.29 bits per heavy atom. The summed E-state index contributed by atoms with van der Waals surface area (Å²) in [4.78, 5) is 37.0. The van der Waals surface area contributed by atoms with Crippen LogP contribution >= 0.6 is 0 Å². The monoisotopic (exact) mass is 874 g/mol. The zero-order chi connectivity index (χ0) is 45.6. The van der Waals surface area contributed by atoms with Gasteiger partial charge in [0.2, 0.25) is 0 Å². The second kappa shape index (κ2) is 45.1. The Labute approximate surface area is 383 Å². The van der Waals surface area contributed by atoms with E-state index in [1.165, 1.54) is 154 Å². The molecule has 8 nitrogen and oxygen atoms in total. The molecule has 62 heavy (non-hydrogen) atoms. The summed E-state index contributed by atoms with van der Waals surface area (Å²) in [5.41, 5.74) is 0. The van der Waals surface area contributed by atoms with Gasteiger partial charge >= 0.3 is 11.9 Å². The Kier molecular flexibility index (Phi) is 43.3. The summed E-state index contributed by atoms with van der Waals surface area (Å²) in [5, 5.41) is 11.7. The van der Waals surface area contributed by atoms with Crippen molar-refractivity contribution in [1.29, 1.82) is 0 Å². The Bertz CT molecular complexity index is 1110. The SMILES string of the molecule is CCCCC/C=C/C/C=C/C/C=C/CCCCCCCCCCCC(=O)OCC(COCCC(C(=O)[O-])[N+](C)(C)C)OC(=O)CCCCCCCCCCCCCCCCCC. The maximum absolute atomic E-state index is 12.8. The van der Waals surface area contributed by atoms with Crippen molar-refractivity contribution in [2.24, 2.45) is 0 Å². The molecule has 0 aliphatic rings. The van der Waals surface area contributed by atoms with E-state index in [0.717, 1.165) is 51.4 Å². The van der Waals surface area contributed by atoms with Crippen LogP contribution < -0.4 is 5.11 Å². The van der Waals surface area contributed by atoms with Crippen LogP contribution in [0.4, 0.5) is 0 Å². The van der Waals surface area contributed by atoms with Crippen LogP contribution in [-0.4, -0.2) is 75.5 Å². The van der Waals surface area contributed by atoms with E-state index in [0.29, 0.717) is 12.8 Å². The van der Waals surface area contributed by atoms with E-state index in [2.05, 4.69) is 50.3 Å². The highest BCUT2D eigenvalue weighted by Gasteiger charge is 2.25. The van der Waals surface area contributed by atoms with Gasteiger partial charge in [-0.2, -0.15) is 0 Å². The van der Waals surface area contributed by atoms with Gasteiger partial charge in [0.25, 0.3) is 0 Å². The van der Waals surface area contributed by atoms with E-state index in [1.54, 1.807) is 21.1 Å². The lowest BCUT2D eigenvalue weighted by molar-refractivity contribution is -0.889. The standard InChI is InChI=1S/C54H99NO7/c1-6-8-10-12-14-16-18-20-22-24-25-26-27-28-29-31-32-34-36-38-40-42-44-52(56)61-49-50(48-60-47-46-51(54(58)59)55(3,4)5)62-53(57)45-43-41-39-37-35-33-30-23-21-19-17-15-13-11-9-7-2/h14,16,20,22,25-26,50-51H,6-13,15,17-19,21,23-24,27-49H2,1-5H3/b16-14+,22-20+,26-25+. The summed E-state index contributed by atoms with van der Waals surface area (Å²) in [6.45, 7) is 4.66. The molecule has 0 aliphatic carbocycles. The number of carboxylic acids is 1. The highest BCUT2D eigenvalue weighted by Crippen LogP contribution is 2.16. The van der Waals surface area contributed by atoms with Gasteiger partial charge in [0.05, 0.1) is 40.3 Å². The number of unbranched alkanes of at least 4 members (excludes halogenated alkanes) is 27. The van der Waals surface area contributed by atoms with Gasteiger partial charge in [-0.25, -0.2) is 0 Å². The Hall–Kier alpha value is -2.45. The second-order valence-electron chi connectivity index (χ2n) is 18.8. The van der Waals surface area contributed by atoms with Crippen molar-refractivity contribution in [2.75, 3.05) is 41.0 Å². The van der Waals surface area contributed by atoms with Crippen LogP contribution in [0.1, 0.15) is 239 Å². The summed E-state index contributed by atoms with van der Waals surface area (Å²) in [6, 6.07) is -0.725. The maximum atomic E-state index is 12.8. The summed E-state index contributed by atoms with van der Waals surface area (Å²) < 4.78 is 17.3. The number of hydrogen-bond donors (Lipinski definition) is 0. The number of aliphatic carboxylic acids is 1. The maximum Gasteiger partial charge on any atom is 0.306 e. The van der Waals surface area contributed by atoms with Crippen LogP contribution in [0.2, 0.25) is 0 Å². The number of rotatable bonds is 47. The first-order valence-corrected chi connectivity index (χ1v) is 26.0. The Morgan fingerprint density at radius 2 is 0.855 bits per heavy atom. The number of allylic oxidation sites excluding steroid dienone is 6. The van der Waals surface area contributed by atoms with E-state index in [1.807, 2.05) is 0 Å². The Balaban J connectivity index is 4.21. The molecule has 2 atom stereocenters. The molecular weight excluding hydrogens is 775 g/mol. The van der Waals surface area contributed by atoms with E-state index < -0.39 is 18.1 Å². The second-order valence-corrected chi connectivity index (χ2v) is 18.8. The molecule has 0 aromatic rings. The minimum atomic E-state index is -1.12. The fourth-order valence-electron chi connectivity index (χ4n) is 7.73. The number of carbonyl (C=O) groups is 3. The summed E-state index contributed by atoms with van der Waals surface area (Å²) in [5.74, 6) is -1.73. The smallest absolute Gasteiger partial charge is 0.306 e. The molecule has 0 radical (unpaired) electrons. The molecule has 0 aromatic heterocycles. The van der Waals surface area contributed by atoms with Gasteiger partial charge in [-0.1, -0.05) is 204 Å². The quantitative estimate of drug-likeness (QED) is 0.0260. The molecule has 0 saturated heterocycles. The normalized spacial score (nSPS) is 13.1. The average molecular weight is 874 g/mol. The first-order valence-electron chi connectivity index (χ1n) is 26.0. The van der Waals surface area contributed by atoms with Gasteiger partial charge in [0, 0.05) is 19.3 Å². The van der Waals surface area contributed by atoms with Crippen molar-refractivity contribution in [3.8, 4) is 0 Å². The van der Waals surface area contributed by atoms with Crippen molar-refractivity contribution in [2.45, 2.75) is 251 Å². The first kappa shape index (κ1) is 59.5. The van der Waals surface area contributed by atoms with Gasteiger partial charge in [0.1, 0.15) is 12.6 Å². The summed E-state index contributed by atoms with van der Waals surface area (Å²) in [7, 11) is 5.42. The van der Waals surface area contributed by atoms with Gasteiger partial charge in [-0.05, 0) is 51.4 Å². The summed E-state index contributed by atoms with van der Waals surface area (Å²) >= 11 is 0. The van der Waals surface area contributed by atoms with Crippen LogP contribution in [0, 0.1) is 0 Å². The third kappa shape index (κ3) is 42.8. The first-order chi connectivity index (χ1) is 30.1. The number of likely N-dealkylation sites (N-methyl/N-ethyl adjacent to an activating group) is 1. The number of ether oxygens (including phenoxy) is 3. The molecule has 0 heterocycles. The molecule has 0 amide bonds. The van der Waals surface area contributed by atoms with E-state index in [-0.39, 0.29) is 42.7 Å². The van der Waals surface area contributed by atoms with Crippen molar-refractivity contribution in [1.82, 2.24) is 0 Å². The lowest BCUT2D eigenvalue weighted by Crippen LogP contribution is -2.55. The van der Waals surface area contributed by atoms with Crippen LogP contribution in [-0.2, 0) is 28.6 Å². The van der Waals surface area contributed by atoms with Gasteiger partial charge < -0.3 is 28.6 Å². The predicted octanol–water partition coefficient (Wildman–Crippen LogP) is 13.6. The molecule has 0 rings (SSSR count). The highest BCUT2D eigenvalue weighted by atomic mass is 16.6. The summed E-state index contributed by atoms with van der Waals surface area (Å²) in [6.07, 6.45) is 53.1. The number of carbonyl (C=O) groups excluding carboxylic acids is 3. The molecule has 0 fully saturated rings. The van der Waals surface area contributed by atoms with Crippen LogP contribution in [0.25, 0.3) is 0 Å².